The monoisotopic (exact) mass is 1070 g/mol. The van der Waals surface area contributed by atoms with Crippen LogP contribution in [0.2, 0.25) is 0 Å². The Morgan fingerprint density at radius 1 is 0.237 bits per heavy atom. The van der Waals surface area contributed by atoms with Crippen LogP contribution in [0.5, 0.6) is 0 Å². The molecule has 0 radical (unpaired) electrons. The highest BCUT2D eigenvalue weighted by atomic mass is 14.8. The van der Waals surface area contributed by atoms with Crippen LogP contribution in [0, 0.1) is 0 Å². The van der Waals surface area contributed by atoms with Crippen LogP contribution in [-0.4, -0.2) is 19.9 Å². The zero-order valence-electron chi connectivity index (χ0n) is 51.5. The van der Waals surface area contributed by atoms with E-state index in [1.54, 1.807) is 0 Å². The second kappa shape index (κ2) is 29.5. The van der Waals surface area contributed by atoms with Gasteiger partial charge in [0.2, 0.25) is 0 Å². The summed E-state index contributed by atoms with van der Waals surface area (Å²) in [5.41, 5.74) is 26.4. The SMILES string of the molecule is CCCCCc1ccc(CCCCC)c2c1-c1cc3[nH]c(cc4nc(cc5[nH]c(cc-2n1)c1c(CCCCC)ccc(CCCCC)c51)-c1c(CCCCC)ccc(CCCCC)c1-4)c1c(CCCCC)ccc(CCCCC)c31. The number of nitrogens with one attached hydrogen (secondary N) is 2. The molecule has 0 spiro atoms. The first kappa shape index (κ1) is 59.2. The Hall–Kier alpha value is -5.48. The van der Waals surface area contributed by atoms with Gasteiger partial charge in [-0.1, -0.05) is 207 Å². The highest BCUT2D eigenvalue weighted by molar-refractivity contribution is 6.14. The molecule has 9 rings (SSSR count). The normalized spacial score (nSPS) is 12.1. The van der Waals surface area contributed by atoms with Crippen LogP contribution in [0.25, 0.3) is 88.6 Å². The van der Waals surface area contributed by atoms with Crippen LogP contribution < -0.4 is 0 Å². The third-order valence-corrected chi connectivity index (χ3v) is 18.2. The number of H-pyrrole nitrogens is 2. The lowest BCUT2D eigenvalue weighted by Gasteiger charge is -2.14. The Morgan fingerprint density at radius 2 is 0.412 bits per heavy atom. The Kier molecular flexibility index (Phi) is 21.8. The van der Waals surface area contributed by atoms with Gasteiger partial charge in [0.25, 0.3) is 0 Å². The maximum atomic E-state index is 6.02. The van der Waals surface area contributed by atoms with Crippen molar-refractivity contribution < 1.29 is 0 Å². The molecule has 0 amide bonds. The molecule has 5 heterocycles. The van der Waals surface area contributed by atoms with E-state index in [0.717, 1.165) is 74.1 Å². The van der Waals surface area contributed by atoms with Gasteiger partial charge in [-0.25, -0.2) is 9.97 Å². The van der Waals surface area contributed by atoms with Crippen LogP contribution in [0.15, 0.2) is 72.8 Å². The second-order valence-electron chi connectivity index (χ2n) is 24.4. The van der Waals surface area contributed by atoms with Crippen molar-refractivity contribution in [3.63, 3.8) is 0 Å². The van der Waals surface area contributed by atoms with Crippen molar-refractivity contribution in [1.82, 2.24) is 19.9 Å². The lowest BCUT2D eigenvalue weighted by Crippen LogP contribution is -1.96. The van der Waals surface area contributed by atoms with Crippen LogP contribution >= 0.6 is 0 Å². The Labute approximate surface area is 484 Å². The Bertz CT molecular complexity index is 2910. The number of fused-ring (bicyclic) bond motifs is 20. The molecule has 426 valence electrons. The minimum Gasteiger partial charge on any atom is -0.354 e. The maximum absolute atomic E-state index is 6.02. The molecular weight excluding hydrogens is 969 g/mol. The number of rotatable bonds is 32. The fourth-order valence-corrected chi connectivity index (χ4v) is 13.8. The number of hydrogen-bond acceptors (Lipinski definition) is 2. The van der Waals surface area contributed by atoms with Gasteiger partial charge in [-0.05, 0) is 172 Å². The summed E-state index contributed by atoms with van der Waals surface area (Å²) in [5, 5.41) is 5.60. The molecule has 4 heteroatoms. The summed E-state index contributed by atoms with van der Waals surface area (Å²) in [5.74, 6) is 0. The molecule has 7 aromatic rings. The number of benzene rings is 4. The lowest BCUT2D eigenvalue weighted by atomic mass is 9.88. The fraction of sp³-hybridized carbons (Fsp3) is 0.526. The van der Waals surface area contributed by atoms with E-state index in [0.29, 0.717) is 0 Å². The average molecular weight is 1070 g/mol. The standard InChI is InChI=1S/C76H102N4/c1-9-17-25-33-53-41-42-54(34-26-18-10-2)70-62-50-64-72-56(36-28-20-12-4)45-46-58(38-30-22-14-6)74(72)66(79-64)52-68-76-60(40-32-24-16-8)48-47-59(39-31-23-15-7)75(76)67(80-68)51-65-73-57(37-29-21-13-5)44-43-55(35-27-19-11-3)71(73)63(78-65)49-61(77-62)69(53)70/h41-52,77,80H,9-40H2,1-8H3. The van der Waals surface area contributed by atoms with Gasteiger partial charge in [0, 0.05) is 65.9 Å². The fourth-order valence-electron chi connectivity index (χ4n) is 13.8. The summed E-state index contributed by atoms with van der Waals surface area (Å²) < 4.78 is 0. The van der Waals surface area contributed by atoms with Crippen molar-refractivity contribution in [1.29, 1.82) is 0 Å². The molecule has 80 heavy (non-hydrogen) atoms. The van der Waals surface area contributed by atoms with Crippen molar-refractivity contribution in [3.05, 3.63) is 117 Å². The molecular formula is C76H102N4. The van der Waals surface area contributed by atoms with Gasteiger partial charge in [0.15, 0.2) is 0 Å². The van der Waals surface area contributed by atoms with Crippen LogP contribution in [0.1, 0.15) is 254 Å². The van der Waals surface area contributed by atoms with E-state index in [-0.39, 0.29) is 0 Å². The number of hydrogen-bond donors (Lipinski definition) is 2. The first-order valence-corrected chi connectivity index (χ1v) is 33.3. The van der Waals surface area contributed by atoms with E-state index in [1.807, 2.05) is 0 Å². The molecule has 0 aliphatic carbocycles. The smallest absolute Gasteiger partial charge is 0.0740 e. The predicted octanol–water partition coefficient (Wildman–Crippen LogP) is 23.2. The van der Waals surface area contributed by atoms with Crippen molar-refractivity contribution in [2.24, 2.45) is 0 Å². The van der Waals surface area contributed by atoms with Gasteiger partial charge < -0.3 is 9.97 Å². The molecule has 0 saturated carbocycles. The number of nitrogens with zero attached hydrogens (tertiary/aromatic N) is 2. The van der Waals surface area contributed by atoms with Gasteiger partial charge >= 0.3 is 0 Å². The molecule has 3 aromatic heterocycles. The molecule has 4 nitrogen and oxygen atoms in total. The lowest BCUT2D eigenvalue weighted by molar-refractivity contribution is 0.713. The number of aromatic amines is 2. The minimum absolute atomic E-state index is 1.06. The first-order valence-electron chi connectivity index (χ1n) is 33.3. The van der Waals surface area contributed by atoms with Gasteiger partial charge in [-0.15, -0.1) is 0 Å². The van der Waals surface area contributed by atoms with Crippen LogP contribution in [0.3, 0.4) is 0 Å². The van der Waals surface area contributed by atoms with Gasteiger partial charge in [0.05, 0.1) is 22.8 Å². The summed E-state index contributed by atoms with van der Waals surface area (Å²) >= 11 is 0. The third kappa shape index (κ3) is 13.4. The zero-order valence-corrected chi connectivity index (χ0v) is 51.5. The largest absolute Gasteiger partial charge is 0.354 e. The molecule has 2 aliphatic heterocycles. The molecule has 0 saturated heterocycles. The molecule has 2 N–H and O–H groups in total. The third-order valence-electron chi connectivity index (χ3n) is 18.2. The van der Waals surface area contributed by atoms with Gasteiger partial charge in [-0.2, -0.15) is 0 Å². The summed E-state index contributed by atoms with van der Waals surface area (Å²) in [7, 11) is 0. The highest BCUT2D eigenvalue weighted by Gasteiger charge is 2.28. The highest BCUT2D eigenvalue weighted by Crippen LogP contribution is 2.47. The topological polar surface area (TPSA) is 57.4 Å². The second-order valence-corrected chi connectivity index (χ2v) is 24.4. The van der Waals surface area contributed by atoms with Crippen LogP contribution in [0.4, 0.5) is 0 Å². The maximum Gasteiger partial charge on any atom is 0.0740 e. The van der Waals surface area contributed by atoms with Crippen molar-refractivity contribution >= 4 is 43.6 Å². The van der Waals surface area contributed by atoms with E-state index in [2.05, 4.69) is 138 Å². The van der Waals surface area contributed by atoms with Crippen molar-refractivity contribution in [3.8, 4) is 45.0 Å². The van der Waals surface area contributed by atoms with Gasteiger partial charge in [0.1, 0.15) is 0 Å². The number of unbranched alkanes of at least 4 members (excludes halogenated alkanes) is 16. The predicted molar refractivity (Wildman–Crippen MR) is 351 cm³/mol. The minimum atomic E-state index is 1.06. The van der Waals surface area contributed by atoms with Crippen LogP contribution in [-0.2, 0) is 51.4 Å². The molecule has 8 bridgehead atoms. The van der Waals surface area contributed by atoms with E-state index in [9.17, 15) is 0 Å². The summed E-state index contributed by atoms with van der Waals surface area (Å²) in [4.78, 5) is 20.6. The summed E-state index contributed by atoms with van der Waals surface area (Å²) in [6.45, 7) is 18.7. The summed E-state index contributed by atoms with van der Waals surface area (Å²) in [6.07, 6.45) is 37.5. The average Bonchev–Trinajstić information content (AvgIpc) is 4.37. The van der Waals surface area contributed by atoms with E-state index >= 15 is 0 Å². The Morgan fingerprint density at radius 3 is 0.600 bits per heavy atom. The Balaban J connectivity index is 1.51. The number of aromatic nitrogens is 4. The van der Waals surface area contributed by atoms with Crippen molar-refractivity contribution in [2.75, 3.05) is 0 Å². The molecule has 2 aliphatic rings. The van der Waals surface area contributed by atoms with Gasteiger partial charge in [-0.3, -0.25) is 0 Å². The number of aryl methyl sites for hydroxylation is 8. The summed E-state index contributed by atoms with van der Waals surface area (Å²) in [6, 6.07) is 30.1. The van der Waals surface area contributed by atoms with E-state index < -0.39 is 0 Å². The quantitative estimate of drug-likeness (QED) is 0.0413. The molecule has 0 atom stereocenters. The van der Waals surface area contributed by atoms with E-state index in [1.165, 1.54) is 264 Å². The first-order chi connectivity index (χ1) is 39.4. The van der Waals surface area contributed by atoms with Crippen molar-refractivity contribution in [2.45, 2.75) is 261 Å². The molecule has 0 fully saturated rings. The molecule has 4 aromatic carbocycles. The zero-order chi connectivity index (χ0) is 55.8. The van der Waals surface area contributed by atoms with E-state index in [4.69, 9.17) is 9.97 Å². The molecule has 0 unspecified atom stereocenters.